The van der Waals surface area contributed by atoms with Crippen molar-refractivity contribution in [3.05, 3.63) is 54.3 Å². The Hall–Kier alpha value is -3.09. The summed E-state index contributed by atoms with van der Waals surface area (Å²) >= 11 is 0. The van der Waals surface area contributed by atoms with E-state index < -0.39 is 12.1 Å². The van der Waals surface area contributed by atoms with E-state index in [-0.39, 0.29) is 11.7 Å². The van der Waals surface area contributed by atoms with Crippen LogP contribution in [-0.2, 0) is 4.79 Å². The highest BCUT2D eigenvalue weighted by Gasteiger charge is 2.33. The summed E-state index contributed by atoms with van der Waals surface area (Å²) in [5.41, 5.74) is 1.13. The van der Waals surface area contributed by atoms with Crippen molar-refractivity contribution in [1.29, 1.82) is 0 Å². The van der Waals surface area contributed by atoms with Crippen molar-refractivity contribution >= 4 is 23.3 Å². The van der Waals surface area contributed by atoms with Gasteiger partial charge in [-0.15, -0.1) is 0 Å². The number of para-hydroxylation sites is 2. The Bertz CT molecular complexity index is 779. The molecule has 0 aromatic heterocycles. The molecule has 1 aliphatic heterocycles. The van der Waals surface area contributed by atoms with Crippen LogP contribution in [0.25, 0.3) is 0 Å². The molecule has 25 heavy (non-hydrogen) atoms. The minimum Gasteiger partial charge on any atom is -0.495 e. The fourth-order valence-electron chi connectivity index (χ4n) is 2.76. The minimum absolute atomic E-state index is 0.221. The number of amides is 3. The predicted molar refractivity (Wildman–Crippen MR) is 92.3 cm³/mol. The molecule has 1 aliphatic rings. The molecule has 0 aliphatic carbocycles. The van der Waals surface area contributed by atoms with Crippen molar-refractivity contribution in [2.75, 3.05) is 23.9 Å². The number of ether oxygens (including phenoxy) is 1. The van der Waals surface area contributed by atoms with E-state index in [0.717, 1.165) is 0 Å². The zero-order valence-corrected chi connectivity index (χ0v) is 13.7. The minimum atomic E-state index is -0.625. The predicted octanol–water partition coefficient (Wildman–Crippen LogP) is 2.76. The summed E-state index contributed by atoms with van der Waals surface area (Å²) in [7, 11) is 1.51. The number of carbonyl (C=O) groups is 2. The first kappa shape index (κ1) is 16.8. The van der Waals surface area contributed by atoms with Crippen molar-refractivity contribution in [3.8, 4) is 5.75 Å². The smallest absolute Gasteiger partial charge is 0.319 e. The van der Waals surface area contributed by atoms with Crippen LogP contribution in [0, 0.1) is 5.82 Å². The summed E-state index contributed by atoms with van der Waals surface area (Å²) in [5, 5.41) is 5.34. The van der Waals surface area contributed by atoms with Gasteiger partial charge in [0.1, 0.15) is 17.6 Å². The summed E-state index contributed by atoms with van der Waals surface area (Å²) in [6, 6.07) is 11.6. The maximum atomic E-state index is 13.0. The average molecular weight is 343 g/mol. The van der Waals surface area contributed by atoms with Crippen molar-refractivity contribution in [2.24, 2.45) is 0 Å². The third kappa shape index (κ3) is 3.71. The molecule has 2 aromatic carbocycles. The van der Waals surface area contributed by atoms with Gasteiger partial charge in [0.2, 0.25) is 5.91 Å². The van der Waals surface area contributed by atoms with Gasteiger partial charge in [-0.05, 0) is 42.8 Å². The number of benzene rings is 2. The van der Waals surface area contributed by atoms with Gasteiger partial charge in [-0.3, -0.25) is 4.79 Å². The number of anilines is 2. The van der Waals surface area contributed by atoms with Crippen LogP contribution in [0.4, 0.5) is 20.6 Å². The zero-order valence-electron chi connectivity index (χ0n) is 13.7. The van der Waals surface area contributed by atoms with E-state index in [0.29, 0.717) is 30.1 Å². The number of carbonyl (C=O) groups excluding carboxylic acids is 2. The standard InChI is InChI=1S/C18H18FN3O3/c1-25-16-5-3-2-4-14(16)20-18(24)21-15-10-11-22(17(15)23)13-8-6-12(19)7-9-13/h2-9,15H,10-11H2,1H3,(H2,20,21,24). The van der Waals surface area contributed by atoms with E-state index in [2.05, 4.69) is 10.6 Å². The Morgan fingerprint density at radius 2 is 1.92 bits per heavy atom. The Morgan fingerprint density at radius 1 is 1.20 bits per heavy atom. The molecule has 1 heterocycles. The highest BCUT2D eigenvalue weighted by Crippen LogP contribution is 2.24. The largest absolute Gasteiger partial charge is 0.495 e. The lowest BCUT2D eigenvalue weighted by molar-refractivity contribution is -0.118. The Kier molecular flexibility index (Phi) is 4.83. The van der Waals surface area contributed by atoms with Gasteiger partial charge >= 0.3 is 6.03 Å². The summed E-state index contributed by atoms with van der Waals surface area (Å²) in [5.74, 6) is -0.0496. The van der Waals surface area contributed by atoms with Crippen molar-refractivity contribution in [2.45, 2.75) is 12.5 Å². The van der Waals surface area contributed by atoms with Gasteiger partial charge in [0.05, 0.1) is 12.8 Å². The highest BCUT2D eigenvalue weighted by molar-refractivity contribution is 6.02. The first-order valence-electron chi connectivity index (χ1n) is 7.86. The lowest BCUT2D eigenvalue weighted by Gasteiger charge is -2.17. The SMILES string of the molecule is COc1ccccc1NC(=O)NC1CCN(c2ccc(F)cc2)C1=O. The summed E-state index contributed by atoms with van der Waals surface area (Å²) in [6.07, 6.45) is 0.482. The number of methoxy groups -OCH3 is 1. The second-order valence-electron chi connectivity index (χ2n) is 5.61. The fourth-order valence-corrected chi connectivity index (χ4v) is 2.76. The molecule has 0 saturated carbocycles. The van der Waals surface area contributed by atoms with E-state index in [1.165, 1.54) is 24.1 Å². The second kappa shape index (κ2) is 7.21. The third-order valence-corrected chi connectivity index (χ3v) is 4.00. The van der Waals surface area contributed by atoms with Crippen LogP contribution >= 0.6 is 0 Å². The number of nitrogens with one attached hydrogen (secondary N) is 2. The molecule has 3 rings (SSSR count). The molecule has 130 valence electrons. The number of halogens is 1. The number of rotatable bonds is 4. The zero-order chi connectivity index (χ0) is 17.8. The summed E-state index contributed by atoms with van der Waals surface area (Å²) < 4.78 is 18.2. The molecule has 7 heteroatoms. The molecule has 1 saturated heterocycles. The lowest BCUT2D eigenvalue weighted by Crippen LogP contribution is -2.43. The molecule has 6 nitrogen and oxygen atoms in total. The number of urea groups is 1. The molecule has 1 atom stereocenters. The second-order valence-corrected chi connectivity index (χ2v) is 5.61. The van der Waals surface area contributed by atoms with Gasteiger partial charge < -0.3 is 20.3 Å². The van der Waals surface area contributed by atoms with Crippen LogP contribution in [0.15, 0.2) is 48.5 Å². The third-order valence-electron chi connectivity index (χ3n) is 4.00. The molecule has 2 aromatic rings. The maximum absolute atomic E-state index is 13.0. The lowest BCUT2D eigenvalue weighted by atomic mass is 10.2. The van der Waals surface area contributed by atoms with E-state index in [4.69, 9.17) is 4.74 Å². The molecular weight excluding hydrogens is 325 g/mol. The first-order chi connectivity index (χ1) is 12.1. The van der Waals surface area contributed by atoms with Gasteiger partial charge in [-0.2, -0.15) is 0 Å². The average Bonchev–Trinajstić information content (AvgIpc) is 2.97. The molecule has 1 fully saturated rings. The van der Waals surface area contributed by atoms with Crippen LogP contribution in [-0.4, -0.2) is 31.6 Å². The topological polar surface area (TPSA) is 70.7 Å². The molecular formula is C18H18FN3O3. The monoisotopic (exact) mass is 343 g/mol. The normalized spacial score (nSPS) is 16.6. The molecule has 0 bridgehead atoms. The summed E-state index contributed by atoms with van der Waals surface area (Å²) in [4.78, 5) is 26.2. The number of nitrogens with zero attached hydrogens (tertiary/aromatic N) is 1. The summed E-state index contributed by atoms with van der Waals surface area (Å²) in [6.45, 7) is 0.462. The molecule has 2 N–H and O–H groups in total. The van der Waals surface area contributed by atoms with E-state index in [1.54, 1.807) is 36.4 Å². The van der Waals surface area contributed by atoms with Gasteiger partial charge in [-0.1, -0.05) is 12.1 Å². The molecule has 3 amide bonds. The van der Waals surface area contributed by atoms with Crippen molar-refractivity contribution < 1.29 is 18.7 Å². The van der Waals surface area contributed by atoms with Crippen LogP contribution in [0.2, 0.25) is 0 Å². The fraction of sp³-hybridized carbons (Fsp3) is 0.222. The van der Waals surface area contributed by atoms with E-state index in [9.17, 15) is 14.0 Å². The molecule has 0 radical (unpaired) electrons. The molecule has 1 unspecified atom stereocenters. The quantitative estimate of drug-likeness (QED) is 0.897. The molecule has 0 spiro atoms. The van der Waals surface area contributed by atoms with Crippen molar-refractivity contribution in [1.82, 2.24) is 5.32 Å². The number of hydrogen-bond acceptors (Lipinski definition) is 3. The number of hydrogen-bond donors (Lipinski definition) is 2. The first-order valence-corrected chi connectivity index (χ1v) is 7.86. The van der Waals surface area contributed by atoms with Crippen LogP contribution in [0.3, 0.4) is 0 Å². The van der Waals surface area contributed by atoms with Gasteiger partial charge in [0, 0.05) is 12.2 Å². The van der Waals surface area contributed by atoms with Crippen molar-refractivity contribution in [3.63, 3.8) is 0 Å². The van der Waals surface area contributed by atoms with Crippen LogP contribution in [0.5, 0.6) is 5.75 Å². The Morgan fingerprint density at radius 3 is 2.64 bits per heavy atom. The van der Waals surface area contributed by atoms with Gasteiger partial charge in [0.25, 0.3) is 0 Å². The highest BCUT2D eigenvalue weighted by atomic mass is 19.1. The van der Waals surface area contributed by atoms with Crippen LogP contribution in [0.1, 0.15) is 6.42 Å². The maximum Gasteiger partial charge on any atom is 0.319 e. The Labute approximate surface area is 144 Å². The Balaban J connectivity index is 1.62. The van der Waals surface area contributed by atoms with Crippen LogP contribution < -0.4 is 20.3 Å². The van der Waals surface area contributed by atoms with Gasteiger partial charge in [-0.25, -0.2) is 9.18 Å². The van der Waals surface area contributed by atoms with E-state index in [1.807, 2.05) is 0 Å². The van der Waals surface area contributed by atoms with Gasteiger partial charge in [0.15, 0.2) is 0 Å². The van der Waals surface area contributed by atoms with E-state index >= 15 is 0 Å².